The summed E-state index contributed by atoms with van der Waals surface area (Å²) in [6.45, 7) is 2.29. The van der Waals surface area contributed by atoms with Crippen LogP contribution in [-0.4, -0.2) is 25.5 Å². The minimum absolute atomic E-state index is 0.0222. The average Bonchev–Trinajstić information content (AvgIpc) is 3.47. The topological polar surface area (TPSA) is 37.4 Å². The summed E-state index contributed by atoms with van der Waals surface area (Å²) in [6.07, 6.45) is 4.33. The van der Waals surface area contributed by atoms with Gasteiger partial charge in [0, 0.05) is 15.7 Å². The molecule has 1 spiro atoms. The van der Waals surface area contributed by atoms with Crippen LogP contribution < -0.4 is 4.31 Å². The third-order valence-corrected chi connectivity index (χ3v) is 9.78. The standard InChI is InChI=1S/C22H24ClNO2S2/c1-15-14-22(12-13-27-15)19-4-2-3-5-20(19)24(21(22)16-6-7-16)28(25,26)18-10-8-17(23)9-11-18/h2-5,8-11,15-16,21H,6-7,12-14H2,1H3. The summed E-state index contributed by atoms with van der Waals surface area (Å²) in [5.41, 5.74) is 2.05. The van der Waals surface area contributed by atoms with E-state index >= 15 is 0 Å². The molecule has 1 aliphatic carbocycles. The number of rotatable bonds is 3. The molecule has 3 atom stereocenters. The summed E-state index contributed by atoms with van der Waals surface area (Å²) >= 11 is 8.03. The molecule has 5 rings (SSSR count). The fraction of sp³-hybridized carbons (Fsp3) is 0.455. The maximum Gasteiger partial charge on any atom is 0.264 e. The summed E-state index contributed by atoms with van der Waals surface area (Å²) in [4.78, 5) is 0.327. The Kier molecular flexibility index (Phi) is 4.49. The Bertz CT molecular complexity index is 1000. The van der Waals surface area contributed by atoms with Crippen LogP contribution in [0.3, 0.4) is 0 Å². The van der Waals surface area contributed by atoms with Crippen LogP contribution in [-0.2, 0) is 15.4 Å². The first kappa shape index (κ1) is 18.8. The van der Waals surface area contributed by atoms with Crippen molar-refractivity contribution >= 4 is 39.1 Å². The number of nitrogens with zero attached hydrogens (tertiary/aromatic N) is 1. The van der Waals surface area contributed by atoms with E-state index in [0.29, 0.717) is 21.1 Å². The quantitative estimate of drug-likeness (QED) is 0.643. The van der Waals surface area contributed by atoms with Gasteiger partial charge >= 0.3 is 0 Å². The molecule has 2 aliphatic heterocycles. The van der Waals surface area contributed by atoms with Crippen LogP contribution in [0.1, 0.15) is 38.2 Å². The smallest absolute Gasteiger partial charge is 0.262 e. The minimum atomic E-state index is -3.65. The van der Waals surface area contributed by atoms with Crippen LogP contribution in [0.4, 0.5) is 5.69 Å². The molecule has 0 radical (unpaired) electrons. The third kappa shape index (κ3) is 2.81. The molecule has 0 N–H and O–H groups in total. The summed E-state index contributed by atoms with van der Waals surface area (Å²) in [5, 5.41) is 1.09. The molecule has 0 bridgehead atoms. The lowest BCUT2D eigenvalue weighted by molar-refractivity contribution is 0.300. The van der Waals surface area contributed by atoms with E-state index in [2.05, 4.69) is 19.1 Å². The monoisotopic (exact) mass is 433 g/mol. The van der Waals surface area contributed by atoms with E-state index in [1.54, 1.807) is 28.6 Å². The lowest BCUT2D eigenvalue weighted by atomic mass is 9.69. The van der Waals surface area contributed by atoms with Crippen molar-refractivity contribution in [3.8, 4) is 0 Å². The van der Waals surface area contributed by atoms with Crippen LogP contribution in [0, 0.1) is 5.92 Å². The number of sulfonamides is 1. The van der Waals surface area contributed by atoms with Crippen molar-refractivity contribution in [3.63, 3.8) is 0 Å². The Balaban J connectivity index is 1.70. The van der Waals surface area contributed by atoms with Gasteiger partial charge in [-0.2, -0.15) is 11.8 Å². The second-order valence-electron chi connectivity index (χ2n) is 8.35. The summed E-state index contributed by atoms with van der Waals surface area (Å²) in [5.74, 6) is 1.54. The first-order valence-corrected chi connectivity index (χ1v) is 12.8. The van der Waals surface area contributed by atoms with Crippen molar-refractivity contribution in [3.05, 3.63) is 59.1 Å². The molecule has 0 aromatic heterocycles. The Labute approximate surface area is 176 Å². The van der Waals surface area contributed by atoms with Gasteiger partial charge in [-0.15, -0.1) is 0 Å². The van der Waals surface area contributed by atoms with E-state index in [9.17, 15) is 8.42 Å². The zero-order valence-electron chi connectivity index (χ0n) is 15.8. The normalized spacial score (nSPS) is 29.9. The zero-order valence-corrected chi connectivity index (χ0v) is 18.2. The van der Waals surface area contributed by atoms with Gasteiger partial charge in [0.15, 0.2) is 0 Å². The third-order valence-electron chi connectivity index (χ3n) is 6.54. The molecule has 3 unspecified atom stereocenters. The molecule has 148 valence electrons. The van der Waals surface area contributed by atoms with Crippen LogP contribution in [0.2, 0.25) is 5.02 Å². The molecular weight excluding hydrogens is 410 g/mol. The summed E-state index contributed by atoms with van der Waals surface area (Å²) in [7, 11) is -3.65. The highest BCUT2D eigenvalue weighted by atomic mass is 35.5. The van der Waals surface area contributed by atoms with E-state index in [1.165, 1.54) is 5.56 Å². The molecular formula is C22H24ClNO2S2. The van der Waals surface area contributed by atoms with Crippen LogP contribution >= 0.6 is 23.4 Å². The summed E-state index contributed by atoms with van der Waals surface area (Å²) in [6, 6.07) is 14.8. The molecule has 3 nitrogen and oxygen atoms in total. The lowest BCUT2D eigenvalue weighted by Crippen LogP contribution is -2.51. The molecule has 2 aromatic carbocycles. The van der Waals surface area contributed by atoms with Gasteiger partial charge in [-0.1, -0.05) is 36.7 Å². The van der Waals surface area contributed by atoms with E-state index in [-0.39, 0.29) is 11.5 Å². The van der Waals surface area contributed by atoms with Crippen molar-refractivity contribution in [2.75, 3.05) is 10.1 Å². The average molecular weight is 434 g/mol. The Morgan fingerprint density at radius 1 is 1.11 bits per heavy atom. The van der Waals surface area contributed by atoms with Crippen molar-refractivity contribution in [1.82, 2.24) is 0 Å². The van der Waals surface area contributed by atoms with Gasteiger partial charge in [-0.3, -0.25) is 4.31 Å². The molecule has 3 aliphatic rings. The van der Waals surface area contributed by atoms with E-state index < -0.39 is 10.0 Å². The van der Waals surface area contributed by atoms with E-state index in [4.69, 9.17) is 11.6 Å². The van der Waals surface area contributed by atoms with Gasteiger partial charge in [-0.05, 0) is 73.2 Å². The van der Waals surface area contributed by atoms with Gasteiger partial charge in [0.25, 0.3) is 10.0 Å². The number of hydrogen-bond acceptors (Lipinski definition) is 3. The largest absolute Gasteiger partial charge is 0.264 e. The van der Waals surface area contributed by atoms with Crippen LogP contribution in [0.25, 0.3) is 0 Å². The maximum atomic E-state index is 13.8. The highest BCUT2D eigenvalue weighted by molar-refractivity contribution is 7.99. The molecule has 1 saturated carbocycles. The Hall–Kier alpha value is -1.17. The Morgan fingerprint density at radius 2 is 1.82 bits per heavy atom. The fourth-order valence-electron chi connectivity index (χ4n) is 5.30. The van der Waals surface area contributed by atoms with E-state index in [1.807, 2.05) is 23.9 Å². The zero-order chi connectivity index (χ0) is 19.5. The SMILES string of the molecule is CC1CC2(CCS1)c1ccccc1N(S(=O)(=O)c1ccc(Cl)cc1)C2C1CC1. The van der Waals surface area contributed by atoms with Gasteiger partial charge in [-0.25, -0.2) is 8.42 Å². The number of para-hydroxylation sites is 1. The minimum Gasteiger partial charge on any atom is -0.262 e. The van der Waals surface area contributed by atoms with Gasteiger partial charge < -0.3 is 0 Å². The predicted molar refractivity (Wildman–Crippen MR) is 117 cm³/mol. The van der Waals surface area contributed by atoms with Crippen molar-refractivity contribution in [2.24, 2.45) is 5.92 Å². The van der Waals surface area contributed by atoms with Crippen LogP contribution in [0.15, 0.2) is 53.4 Å². The van der Waals surface area contributed by atoms with Crippen molar-refractivity contribution in [1.29, 1.82) is 0 Å². The molecule has 6 heteroatoms. The number of halogens is 1. The second kappa shape index (κ2) is 6.68. The predicted octanol–water partition coefficient (Wildman–Crippen LogP) is 5.48. The van der Waals surface area contributed by atoms with Gasteiger partial charge in [0.1, 0.15) is 0 Å². The number of hydrogen-bond donors (Lipinski definition) is 0. The van der Waals surface area contributed by atoms with Crippen molar-refractivity contribution in [2.45, 2.75) is 54.2 Å². The molecule has 0 amide bonds. The fourth-order valence-corrected chi connectivity index (χ4v) is 8.53. The number of fused-ring (bicyclic) bond motifs is 2. The number of thioether (sulfide) groups is 1. The highest BCUT2D eigenvalue weighted by Crippen LogP contribution is 2.60. The van der Waals surface area contributed by atoms with Gasteiger partial charge in [0.2, 0.25) is 0 Å². The molecule has 1 saturated heterocycles. The second-order valence-corrected chi connectivity index (χ2v) is 12.1. The summed E-state index contributed by atoms with van der Waals surface area (Å²) < 4.78 is 29.5. The maximum absolute atomic E-state index is 13.8. The number of anilines is 1. The Morgan fingerprint density at radius 3 is 2.50 bits per heavy atom. The lowest BCUT2D eigenvalue weighted by Gasteiger charge is -2.43. The molecule has 2 heterocycles. The number of benzene rings is 2. The first-order valence-electron chi connectivity index (χ1n) is 9.95. The van der Waals surface area contributed by atoms with Gasteiger partial charge in [0.05, 0.1) is 16.6 Å². The van der Waals surface area contributed by atoms with E-state index in [0.717, 1.165) is 37.1 Å². The van der Waals surface area contributed by atoms with Crippen LogP contribution in [0.5, 0.6) is 0 Å². The molecule has 2 aromatic rings. The molecule has 2 fully saturated rings. The highest BCUT2D eigenvalue weighted by Gasteiger charge is 2.60. The van der Waals surface area contributed by atoms with Crippen molar-refractivity contribution < 1.29 is 8.42 Å². The molecule has 28 heavy (non-hydrogen) atoms. The first-order chi connectivity index (χ1) is 13.4.